The molecule has 0 saturated carbocycles. The second kappa shape index (κ2) is 5.68. The van der Waals surface area contributed by atoms with Crippen LogP contribution in [0.2, 0.25) is 0 Å². The van der Waals surface area contributed by atoms with Crippen molar-refractivity contribution in [3.8, 4) is 0 Å². The first kappa shape index (κ1) is 15.2. The van der Waals surface area contributed by atoms with Gasteiger partial charge in [0, 0.05) is 26.2 Å². The molecule has 2 rings (SSSR count). The summed E-state index contributed by atoms with van der Waals surface area (Å²) in [6, 6.07) is 0. The van der Waals surface area contributed by atoms with Crippen molar-refractivity contribution in [2.75, 3.05) is 26.2 Å². The lowest BCUT2D eigenvalue weighted by Gasteiger charge is -2.40. The van der Waals surface area contributed by atoms with Gasteiger partial charge in [0.2, 0.25) is 0 Å². The van der Waals surface area contributed by atoms with Crippen LogP contribution in [0.25, 0.3) is 0 Å². The fraction of sp³-hybridized carbons (Fsp3) is 1.00. The highest BCUT2D eigenvalue weighted by atomic mass is 32.2. The predicted molar refractivity (Wildman–Crippen MR) is 74.8 cm³/mol. The number of aliphatic hydroxyl groups is 1. The summed E-state index contributed by atoms with van der Waals surface area (Å²) in [7, 11) is -3.35. The van der Waals surface area contributed by atoms with Crippen molar-refractivity contribution in [2.45, 2.75) is 39.7 Å². The molecule has 0 radical (unpaired) electrons. The van der Waals surface area contributed by atoms with E-state index in [1.807, 2.05) is 6.92 Å². The van der Waals surface area contributed by atoms with E-state index in [0.29, 0.717) is 44.4 Å². The molecule has 4 unspecified atom stereocenters. The number of hydrogen-bond donors (Lipinski definition) is 1. The summed E-state index contributed by atoms with van der Waals surface area (Å²) in [6.45, 7) is 8.26. The molecule has 0 aromatic carbocycles. The Hall–Kier alpha value is -0.170. The molecule has 0 bridgehead atoms. The highest BCUT2D eigenvalue weighted by Gasteiger charge is 2.38. The zero-order valence-electron chi connectivity index (χ0n) is 12.1. The van der Waals surface area contributed by atoms with E-state index in [9.17, 15) is 13.5 Å². The Morgan fingerprint density at radius 1 is 1.00 bits per heavy atom. The van der Waals surface area contributed by atoms with E-state index in [-0.39, 0.29) is 12.0 Å². The van der Waals surface area contributed by atoms with Crippen molar-refractivity contribution in [1.29, 1.82) is 0 Å². The van der Waals surface area contributed by atoms with Crippen LogP contribution in [0.4, 0.5) is 0 Å². The SMILES string of the molecule is CC1CC(C)CN(S(=O)(=O)N2CCC(O)C(C)C2)C1. The van der Waals surface area contributed by atoms with Gasteiger partial charge in [-0.25, -0.2) is 0 Å². The molecular weight excluding hydrogens is 264 g/mol. The molecule has 2 heterocycles. The first-order valence-corrected chi connectivity index (χ1v) is 8.63. The second-order valence-electron chi connectivity index (χ2n) is 6.46. The van der Waals surface area contributed by atoms with Crippen molar-refractivity contribution < 1.29 is 13.5 Å². The zero-order valence-corrected chi connectivity index (χ0v) is 12.9. The molecule has 5 nitrogen and oxygen atoms in total. The van der Waals surface area contributed by atoms with Crippen molar-refractivity contribution in [3.63, 3.8) is 0 Å². The van der Waals surface area contributed by atoms with Crippen molar-refractivity contribution >= 4 is 10.2 Å². The first-order valence-electron chi connectivity index (χ1n) is 7.24. The van der Waals surface area contributed by atoms with Crippen LogP contribution in [0.15, 0.2) is 0 Å². The maximum Gasteiger partial charge on any atom is 0.282 e. The van der Waals surface area contributed by atoms with E-state index in [1.54, 1.807) is 8.61 Å². The topological polar surface area (TPSA) is 60.9 Å². The molecule has 0 spiro atoms. The van der Waals surface area contributed by atoms with Crippen molar-refractivity contribution in [3.05, 3.63) is 0 Å². The highest BCUT2D eigenvalue weighted by Crippen LogP contribution is 2.27. The van der Waals surface area contributed by atoms with Crippen LogP contribution in [-0.4, -0.2) is 54.4 Å². The van der Waals surface area contributed by atoms with Gasteiger partial charge < -0.3 is 5.11 Å². The molecule has 2 aliphatic rings. The number of hydrogen-bond acceptors (Lipinski definition) is 3. The molecule has 1 N–H and O–H groups in total. The normalized spacial score (nSPS) is 39.4. The van der Waals surface area contributed by atoms with Crippen LogP contribution in [0, 0.1) is 17.8 Å². The third-order valence-corrected chi connectivity index (χ3v) is 6.25. The Labute approximate surface area is 116 Å². The molecular formula is C13H26N2O3S. The quantitative estimate of drug-likeness (QED) is 0.822. The molecule has 2 fully saturated rings. The van der Waals surface area contributed by atoms with E-state index < -0.39 is 10.2 Å². The first-order chi connectivity index (χ1) is 8.80. The number of rotatable bonds is 2. The van der Waals surface area contributed by atoms with Gasteiger partial charge in [-0.1, -0.05) is 20.8 Å². The molecule has 2 aliphatic heterocycles. The third-order valence-electron chi connectivity index (χ3n) is 4.31. The average molecular weight is 290 g/mol. The van der Waals surface area contributed by atoms with Crippen LogP contribution < -0.4 is 0 Å². The lowest BCUT2D eigenvalue weighted by atomic mass is 9.94. The van der Waals surface area contributed by atoms with Gasteiger partial charge in [-0.3, -0.25) is 0 Å². The minimum absolute atomic E-state index is 0.0168. The van der Waals surface area contributed by atoms with Crippen LogP contribution in [-0.2, 0) is 10.2 Å². The summed E-state index contributed by atoms with van der Waals surface area (Å²) in [5, 5.41) is 9.72. The van der Waals surface area contributed by atoms with Crippen LogP contribution in [0.3, 0.4) is 0 Å². The van der Waals surface area contributed by atoms with Gasteiger partial charge in [0.15, 0.2) is 0 Å². The Bertz CT molecular complexity index is 402. The van der Waals surface area contributed by atoms with Crippen LogP contribution in [0.1, 0.15) is 33.6 Å². The van der Waals surface area contributed by atoms with Crippen LogP contribution in [0.5, 0.6) is 0 Å². The summed E-state index contributed by atoms with van der Waals surface area (Å²) in [6.07, 6.45) is 1.27. The maximum atomic E-state index is 12.7. The van der Waals surface area contributed by atoms with E-state index in [2.05, 4.69) is 13.8 Å². The molecule has 112 valence electrons. The Morgan fingerprint density at radius 3 is 2.11 bits per heavy atom. The largest absolute Gasteiger partial charge is 0.393 e. The molecule has 0 amide bonds. The molecule has 2 saturated heterocycles. The second-order valence-corrected chi connectivity index (χ2v) is 8.39. The Morgan fingerprint density at radius 2 is 1.58 bits per heavy atom. The molecule has 19 heavy (non-hydrogen) atoms. The van der Waals surface area contributed by atoms with Gasteiger partial charge in [0.1, 0.15) is 0 Å². The van der Waals surface area contributed by atoms with Crippen LogP contribution >= 0.6 is 0 Å². The van der Waals surface area contributed by atoms with Gasteiger partial charge in [-0.2, -0.15) is 17.0 Å². The fourth-order valence-electron chi connectivity index (χ4n) is 3.26. The summed E-state index contributed by atoms with van der Waals surface area (Å²) < 4.78 is 28.5. The number of piperidine rings is 2. The molecule has 6 heteroatoms. The summed E-state index contributed by atoms with van der Waals surface area (Å²) in [4.78, 5) is 0. The van der Waals surface area contributed by atoms with Gasteiger partial charge >= 0.3 is 0 Å². The smallest absolute Gasteiger partial charge is 0.282 e. The minimum atomic E-state index is -3.35. The molecule has 0 aliphatic carbocycles. The zero-order chi connectivity index (χ0) is 14.2. The van der Waals surface area contributed by atoms with E-state index in [0.717, 1.165) is 6.42 Å². The van der Waals surface area contributed by atoms with E-state index in [4.69, 9.17) is 0 Å². The Kier molecular flexibility index (Phi) is 4.55. The average Bonchev–Trinajstić information content (AvgIpc) is 2.31. The molecule has 0 aromatic rings. The van der Waals surface area contributed by atoms with Gasteiger partial charge in [-0.15, -0.1) is 0 Å². The third kappa shape index (κ3) is 3.29. The van der Waals surface area contributed by atoms with Crippen molar-refractivity contribution in [1.82, 2.24) is 8.61 Å². The summed E-state index contributed by atoms with van der Waals surface area (Å²) in [5.74, 6) is 0.862. The van der Waals surface area contributed by atoms with E-state index >= 15 is 0 Å². The monoisotopic (exact) mass is 290 g/mol. The van der Waals surface area contributed by atoms with Gasteiger partial charge in [0.05, 0.1) is 6.10 Å². The summed E-state index contributed by atoms with van der Waals surface area (Å²) >= 11 is 0. The number of aliphatic hydroxyl groups excluding tert-OH is 1. The molecule has 0 aromatic heterocycles. The minimum Gasteiger partial charge on any atom is -0.393 e. The predicted octanol–water partition coefficient (Wildman–Crippen LogP) is 0.912. The summed E-state index contributed by atoms with van der Waals surface area (Å²) in [5.41, 5.74) is 0. The van der Waals surface area contributed by atoms with E-state index in [1.165, 1.54) is 0 Å². The van der Waals surface area contributed by atoms with Gasteiger partial charge in [0.25, 0.3) is 10.2 Å². The number of nitrogens with zero attached hydrogens (tertiary/aromatic N) is 2. The fourth-order valence-corrected chi connectivity index (χ4v) is 5.23. The lowest BCUT2D eigenvalue weighted by molar-refractivity contribution is 0.0596. The maximum absolute atomic E-state index is 12.7. The lowest BCUT2D eigenvalue weighted by Crippen LogP contribution is -2.53. The Balaban J connectivity index is 2.09. The highest BCUT2D eigenvalue weighted by molar-refractivity contribution is 7.86. The molecule has 4 atom stereocenters. The van der Waals surface area contributed by atoms with Crippen molar-refractivity contribution in [2.24, 2.45) is 17.8 Å². The standard InChI is InChI=1S/C13H26N2O3S/c1-10-6-11(2)8-15(7-10)19(17,18)14-5-4-13(16)12(3)9-14/h10-13,16H,4-9H2,1-3H3. The van der Waals surface area contributed by atoms with Gasteiger partial charge in [-0.05, 0) is 30.6 Å².